The molecule has 7 nitrogen and oxygen atoms in total. The van der Waals surface area contributed by atoms with Gasteiger partial charge in [0.2, 0.25) is 5.91 Å². The van der Waals surface area contributed by atoms with E-state index in [2.05, 4.69) is 27.4 Å². The van der Waals surface area contributed by atoms with Crippen LogP contribution in [-0.4, -0.2) is 63.6 Å². The molecule has 4 rings (SSSR count). The van der Waals surface area contributed by atoms with Crippen molar-refractivity contribution in [2.24, 2.45) is 11.3 Å². The third-order valence-electron chi connectivity index (χ3n) is 6.51. The first-order valence-electron chi connectivity index (χ1n) is 11.2. The fourth-order valence-electron chi connectivity index (χ4n) is 5.02. The highest BCUT2D eigenvalue weighted by molar-refractivity contribution is 5.96. The van der Waals surface area contributed by atoms with Crippen molar-refractivity contribution in [3.8, 4) is 0 Å². The fraction of sp³-hybridized carbons (Fsp3) is 0.542. The molecule has 7 heteroatoms. The molecule has 0 saturated carbocycles. The predicted octanol–water partition coefficient (Wildman–Crippen LogP) is 2.31. The van der Waals surface area contributed by atoms with Gasteiger partial charge >= 0.3 is 0 Å². The van der Waals surface area contributed by atoms with E-state index >= 15 is 0 Å². The second kappa shape index (κ2) is 8.46. The Labute approximate surface area is 184 Å². The molecule has 1 spiro atoms. The molecule has 2 amide bonds. The summed E-state index contributed by atoms with van der Waals surface area (Å²) in [7, 11) is 0. The van der Waals surface area contributed by atoms with Gasteiger partial charge in [-0.05, 0) is 33.3 Å². The number of nitrogens with one attached hydrogen (secondary N) is 1. The maximum absolute atomic E-state index is 13.1. The number of carbonyl (C=O) groups is 2. The molecule has 3 heterocycles. The Kier molecular flexibility index (Phi) is 5.88. The lowest BCUT2D eigenvalue weighted by atomic mass is 9.71. The lowest BCUT2D eigenvalue weighted by Gasteiger charge is -2.50. The Morgan fingerprint density at radius 1 is 1.19 bits per heavy atom. The number of nitrogens with zero attached hydrogens (tertiary/aromatic N) is 4. The average Bonchev–Trinajstić information content (AvgIpc) is 3.27. The lowest BCUT2D eigenvalue weighted by molar-refractivity contribution is -0.131. The number of likely N-dealkylation sites (tertiary alicyclic amines) is 2. The van der Waals surface area contributed by atoms with Crippen molar-refractivity contribution >= 4 is 11.8 Å². The number of aryl methyl sites for hydroxylation is 2. The van der Waals surface area contributed by atoms with E-state index in [0.717, 1.165) is 31.9 Å². The molecule has 1 N–H and O–H groups in total. The van der Waals surface area contributed by atoms with Crippen LogP contribution in [-0.2, 0) is 17.9 Å². The van der Waals surface area contributed by atoms with Gasteiger partial charge in [0, 0.05) is 56.9 Å². The second-order valence-corrected chi connectivity index (χ2v) is 9.38. The van der Waals surface area contributed by atoms with Gasteiger partial charge in [0.15, 0.2) is 0 Å². The summed E-state index contributed by atoms with van der Waals surface area (Å²) in [6, 6.07) is 10.5. The van der Waals surface area contributed by atoms with E-state index < -0.39 is 0 Å². The van der Waals surface area contributed by atoms with Crippen molar-refractivity contribution in [1.82, 2.24) is 24.9 Å². The standard InChI is InChI=1S/C24H33N5O2/c1-5-29-12-20(18(4)26-29)23(31)28-15-24(16-28)14-27(11-19-9-7-6-8-10-19)13-21(24)22(30)25-17(2)3/h6-10,12,17,21H,5,11,13-16H2,1-4H3,(H,25,30). The normalized spacial score (nSPS) is 20.3. The van der Waals surface area contributed by atoms with E-state index in [-0.39, 0.29) is 29.2 Å². The van der Waals surface area contributed by atoms with Crippen molar-refractivity contribution < 1.29 is 9.59 Å². The second-order valence-electron chi connectivity index (χ2n) is 9.38. The van der Waals surface area contributed by atoms with Crippen LogP contribution in [0.2, 0.25) is 0 Å². The van der Waals surface area contributed by atoms with Crippen LogP contribution >= 0.6 is 0 Å². The SMILES string of the molecule is CCn1cc(C(=O)N2CC3(CN(Cc4ccccc4)CC3C(=O)NC(C)C)C2)c(C)n1. The van der Waals surface area contributed by atoms with E-state index in [9.17, 15) is 9.59 Å². The maximum atomic E-state index is 13.1. The van der Waals surface area contributed by atoms with E-state index in [1.54, 1.807) is 4.68 Å². The van der Waals surface area contributed by atoms with Crippen LogP contribution in [0.1, 0.15) is 42.4 Å². The molecule has 1 aromatic carbocycles. The summed E-state index contributed by atoms with van der Waals surface area (Å²) in [5.74, 6) is 0.0159. The first-order valence-corrected chi connectivity index (χ1v) is 11.2. The van der Waals surface area contributed by atoms with Crippen LogP contribution in [0.5, 0.6) is 0 Å². The van der Waals surface area contributed by atoms with Gasteiger partial charge in [-0.1, -0.05) is 30.3 Å². The lowest BCUT2D eigenvalue weighted by Crippen LogP contribution is -2.64. The number of benzene rings is 1. The van der Waals surface area contributed by atoms with Crippen LogP contribution in [0.25, 0.3) is 0 Å². The number of aromatic nitrogens is 2. The van der Waals surface area contributed by atoms with E-state index in [1.807, 2.05) is 57.0 Å². The van der Waals surface area contributed by atoms with Gasteiger partial charge in [0.05, 0.1) is 17.2 Å². The minimum absolute atomic E-state index is 0.0207. The first-order chi connectivity index (χ1) is 14.8. The van der Waals surface area contributed by atoms with Crippen LogP contribution in [0, 0.1) is 18.3 Å². The van der Waals surface area contributed by atoms with Crippen molar-refractivity contribution in [3.05, 3.63) is 53.3 Å². The summed E-state index contributed by atoms with van der Waals surface area (Å²) in [5, 5.41) is 7.52. The van der Waals surface area contributed by atoms with E-state index in [4.69, 9.17) is 0 Å². The van der Waals surface area contributed by atoms with Gasteiger partial charge in [-0.3, -0.25) is 19.2 Å². The molecule has 2 saturated heterocycles. The minimum atomic E-state index is -0.182. The zero-order valence-corrected chi connectivity index (χ0v) is 19.0. The highest BCUT2D eigenvalue weighted by atomic mass is 16.2. The molecule has 0 bridgehead atoms. The number of hydrogen-bond acceptors (Lipinski definition) is 4. The van der Waals surface area contributed by atoms with Gasteiger partial charge in [0.25, 0.3) is 5.91 Å². The van der Waals surface area contributed by atoms with Gasteiger partial charge in [-0.25, -0.2) is 0 Å². The summed E-state index contributed by atoms with van der Waals surface area (Å²) in [6.45, 7) is 12.2. The molecule has 2 aromatic rings. The molecule has 2 aliphatic rings. The number of amides is 2. The third kappa shape index (κ3) is 4.24. The van der Waals surface area contributed by atoms with E-state index in [0.29, 0.717) is 18.7 Å². The molecule has 0 aliphatic carbocycles. The monoisotopic (exact) mass is 423 g/mol. The molecule has 2 aliphatic heterocycles. The summed E-state index contributed by atoms with van der Waals surface area (Å²) < 4.78 is 1.80. The topological polar surface area (TPSA) is 70.5 Å². The largest absolute Gasteiger partial charge is 0.354 e. The Bertz CT molecular complexity index is 946. The molecule has 166 valence electrons. The Morgan fingerprint density at radius 3 is 2.52 bits per heavy atom. The van der Waals surface area contributed by atoms with Gasteiger partial charge < -0.3 is 10.2 Å². The average molecular weight is 424 g/mol. The highest BCUT2D eigenvalue weighted by Gasteiger charge is 2.57. The molecule has 1 atom stereocenters. The van der Waals surface area contributed by atoms with Crippen LogP contribution in [0.3, 0.4) is 0 Å². The molecule has 1 aromatic heterocycles. The number of hydrogen-bond donors (Lipinski definition) is 1. The summed E-state index contributed by atoms with van der Waals surface area (Å²) in [5.41, 5.74) is 2.49. The zero-order valence-electron chi connectivity index (χ0n) is 19.0. The fourth-order valence-corrected chi connectivity index (χ4v) is 5.02. The Morgan fingerprint density at radius 2 is 1.90 bits per heavy atom. The first kappa shape index (κ1) is 21.6. The predicted molar refractivity (Wildman–Crippen MR) is 119 cm³/mol. The Hall–Kier alpha value is -2.67. The molecule has 2 fully saturated rings. The Balaban J connectivity index is 1.49. The third-order valence-corrected chi connectivity index (χ3v) is 6.51. The van der Waals surface area contributed by atoms with Gasteiger partial charge in [-0.2, -0.15) is 5.10 Å². The summed E-state index contributed by atoms with van der Waals surface area (Å²) >= 11 is 0. The smallest absolute Gasteiger partial charge is 0.257 e. The van der Waals surface area contributed by atoms with Gasteiger partial charge in [-0.15, -0.1) is 0 Å². The van der Waals surface area contributed by atoms with E-state index in [1.165, 1.54) is 5.56 Å². The van der Waals surface area contributed by atoms with Crippen LogP contribution in [0.15, 0.2) is 36.5 Å². The molecule has 1 unspecified atom stereocenters. The van der Waals surface area contributed by atoms with Crippen molar-refractivity contribution in [2.45, 2.75) is 46.8 Å². The quantitative estimate of drug-likeness (QED) is 0.774. The van der Waals surface area contributed by atoms with Crippen LogP contribution in [0.4, 0.5) is 0 Å². The number of rotatable bonds is 6. The molecular formula is C24H33N5O2. The minimum Gasteiger partial charge on any atom is -0.354 e. The van der Waals surface area contributed by atoms with Crippen molar-refractivity contribution in [1.29, 1.82) is 0 Å². The summed E-state index contributed by atoms with van der Waals surface area (Å²) in [4.78, 5) is 30.4. The molecule has 0 radical (unpaired) electrons. The number of carbonyl (C=O) groups excluding carboxylic acids is 2. The van der Waals surface area contributed by atoms with Crippen molar-refractivity contribution in [2.75, 3.05) is 26.2 Å². The maximum Gasteiger partial charge on any atom is 0.257 e. The molecule has 31 heavy (non-hydrogen) atoms. The van der Waals surface area contributed by atoms with Gasteiger partial charge in [0.1, 0.15) is 0 Å². The van der Waals surface area contributed by atoms with Crippen molar-refractivity contribution in [3.63, 3.8) is 0 Å². The van der Waals surface area contributed by atoms with Crippen LogP contribution < -0.4 is 5.32 Å². The summed E-state index contributed by atoms with van der Waals surface area (Å²) in [6.07, 6.45) is 1.84. The zero-order chi connectivity index (χ0) is 22.2. The molecular weight excluding hydrogens is 390 g/mol. The highest BCUT2D eigenvalue weighted by Crippen LogP contribution is 2.45.